The third kappa shape index (κ3) is 10.3. The number of anilines is 4. The predicted octanol–water partition coefficient (Wildman–Crippen LogP) is 23.6. The van der Waals surface area contributed by atoms with Crippen LogP contribution < -0.4 is 19.3 Å². The van der Waals surface area contributed by atoms with Crippen LogP contribution in [0.2, 0.25) is 0 Å². The van der Waals surface area contributed by atoms with Crippen molar-refractivity contribution in [2.45, 2.75) is 110 Å². The minimum absolute atomic E-state index is 0. The molecule has 2 aromatic heterocycles. The first kappa shape index (κ1) is 62.4. The summed E-state index contributed by atoms with van der Waals surface area (Å²) in [6.07, 6.45) is 2.06. The molecule has 6 nitrogen and oxygen atoms in total. The first-order chi connectivity index (χ1) is 45.6. The largest absolute Gasteiger partial charge is 0.509 e. The molecule has 3 aliphatic rings. The Morgan fingerprint density at radius 3 is 1.68 bits per heavy atom. The number of benzene rings is 11. The number of rotatable bonds is 8. The third-order valence-electron chi connectivity index (χ3n) is 19.8. The van der Waals surface area contributed by atoms with E-state index in [2.05, 4.69) is 347 Å². The van der Waals surface area contributed by atoms with E-state index in [1.165, 1.54) is 55.6 Å². The van der Waals surface area contributed by atoms with Gasteiger partial charge in [0.25, 0.3) is 0 Å². The van der Waals surface area contributed by atoms with E-state index in [0.717, 1.165) is 95.3 Å². The molecule has 1 spiro atoms. The molecule has 0 amide bonds. The summed E-state index contributed by atoms with van der Waals surface area (Å²) in [5.41, 5.74) is 24.1. The molecule has 0 fully saturated rings. The van der Waals surface area contributed by atoms with Crippen molar-refractivity contribution in [2.75, 3.05) is 9.80 Å². The molecule has 4 heterocycles. The summed E-state index contributed by atoms with van der Waals surface area (Å²) >= 11 is 0. The molecule has 0 unspecified atom stereocenters. The maximum Gasteiger partial charge on any atom is 0.135 e. The Kier molecular flexibility index (Phi) is 14.9. The van der Waals surface area contributed by atoms with Crippen LogP contribution in [0.4, 0.5) is 22.7 Å². The summed E-state index contributed by atoms with van der Waals surface area (Å²) < 4.78 is 15.9. The van der Waals surface area contributed by atoms with E-state index in [1.54, 1.807) is 0 Å². The summed E-state index contributed by atoms with van der Waals surface area (Å²) in [5.74, 6) is 3.74. The zero-order chi connectivity index (χ0) is 65.5. The van der Waals surface area contributed by atoms with Gasteiger partial charge in [0.2, 0.25) is 0 Å². The van der Waals surface area contributed by atoms with Crippen LogP contribution in [0.1, 0.15) is 128 Å². The van der Waals surface area contributed by atoms with Crippen molar-refractivity contribution in [1.82, 2.24) is 9.55 Å². The maximum atomic E-state index is 6.93. The van der Waals surface area contributed by atoms with Crippen LogP contribution in [0, 0.1) is 18.8 Å². The summed E-state index contributed by atoms with van der Waals surface area (Å²) in [5, 5.41) is 2.19. The smallest absolute Gasteiger partial charge is 0.135 e. The van der Waals surface area contributed by atoms with Crippen LogP contribution in [0.3, 0.4) is 0 Å². The molecule has 0 radical (unpaired) electrons. The minimum atomic E-state index is -0.583. The van der Waals surface area contributed by atoms with Gasteiger partial charge in [0.1, 0.15) is 17.3 Å². The van der Waals surface area contributed by atoms with E-state index < -0.39 is 5.41 Å². The quantitative estimate of drug-likeness (QED) is 0.142. The molecule has 7 heteroatoms. The molecule has 478 valence electrons. The average molecular weight is 1430 g/mol. The molecule has 0 saturated carbocycles. The molecule has 13 aromatic rings. The third-order valence-corrected chi connectivity index (χ3v) is 19.8. The van der Waals surface area contributed by atoms with E-state index in [1.807, 2.05) is 12.1 Å². The Labute approximate surface area is 580 Å². The number of fused-ring (bicyclic) bond motifs is 13. The zero-order valence-electron chi connectivity index (χ0n) is 56.6. The number of hydrogen-bond donors (Lipinski definition) is 0. The Morgan fingerprint density at radius 1 is 0.417 bits per heavy atom. The van der Waals surface area contributed by atoms with Crippen molar-refractivity contribution in [3.63, 3.8) is 0 Å². The van der Waals surface area contributed by atoms with Crippen molar-refractivity contribution in [2.24, 2.45) is 0 Å². The summed E-state index contributed by atoms with van der Waals surface area (Å²) in [7, 11) is 0. The number of hydrogen-bond acceptors (Lipinski definition) is 5. The molecule has 0 bridgehead atoms. The molecule has 0 saturated heterocycles. The Morgan fingerprint density at radius 2 is 0.979 bits per heavy atom. The molecular weight excluding hydrogens is 1350 g/mol. The molecule has 11 aromatic carbocycles. The second kappa shape index (κ2) is 23.0. The van der Waals surface area contributed by atoms with Crippen molar-refractivity contribution in [3.05, 3.63) is 306 Å². The summed E-state index contributed by atoms with van der Waals surface area (Å²) in [6, 6.07) is 93.8. The van der Waals surface area contributed by atoms with E-state index in [9.17, 15) is 0 Å². The van der Waals surface area contributed by atoms with Crippen LogP contribution in [0.5, 0.6) is 23.0 Å². The second-order valence-electron chi connectivity index (χ2n) is 30.1. The number of para-hydroxylation sites is 6. The first-order valence-electron chi connectivity index (χ1n) is 33.3. The molecule has 16 rings (SSSR count). The van der Waals surface area contributed by atoms with Crippen LogP contribution in [0.15, 0.2) is 243 Å². The van der Waals surface area contributed by atoms with Gasteiger partial charge in [0, 0.05) is 89.2 Å². The predicted molar refractivity (Wildman–Crippen MR) is 393 cm³/mol. The van der Waals surface area contributed by atoms with E-state index in [-0.39, 0.29) is 42.7 Å². The molecular formula is C89H77N4O2Pt-3. The van der Waals surface area contributed by atoms with Gasteiger partial charge in [-0.1, -0.05) is 252 Å². The zero-order valence-corrected chi connectivity index (χ0v) is 58.9. The normalized spacial score (nSPS) is 13.8. The Hall–Kier alpha value is -9.74. The van der Waals surface area contributed by atoms with E-state index in [0.29, 0.717) is 11.5 Å². The fourth-order valence-corrected chi connectivity index (χ4v) is 14.9. The van der Waals surface area contributed by atoms with Crippen molar-refractivity contribution >= 4 is 44.6 Å². The molecule has 0 N–H and O–H groups in total. The summed E-state index contributed by atoms with van der Waals surface area (Å²) in [4.78, 5) is 9.94. The number of ether oxygens (including phenoxy) is 2. The van der Waals surface area contributed by atoms with Crippen molar-refractivity contribution in [1.29, 1.82) is 0 Å². The van der Waals surface area contributed by atoms with Gasteiger partial charge in [-0.2, -0.15) is 12.1 Å². The topological polar surface area (TPSA) is 42.8 Å². The average Bonchev–Trinajstić information content (AvgIpc) is 1.49. The maximum absolute atomic E-state index is 6.93. The van der Waals surface area contributed by atoms with Crippen LogP contribution in [0.25, 0.3) is 72.1 Å². The number of aromatic nitrogens is 2. The monoisotopic (exact) mass is 1430 g/mol. The number of nitrogens with zero attached hydrogens (tertiary/aromatic N) is 4. The van der Waals surface area contributed by atoms with Gasteiger partial charge in [-0.3, -0.25) is 0 Å². The molecule has 0 atom stereocenters. The number of pyridine rings is 1. The fraction of sp³-hybridized carbons (Fsp3) is 0.191. The van der Waals surface area contributed by atoms with Gasteiger partial charge >= 0.3 is 0 Å². The van der Waals surface area contributed by atoms with E-state index >= 15 is 0 Å². The van der Waals surface area contributed by atoms with Gasteiger partial charge in [-0.25, -0.2) is 4.98 Å². The van der Waals surface area contributed by atoms with Gasteiger partial charge in [0.15, 0.2) is 0 Å². The Bertz CT molecular complexity index is 5180. The van der Waals surface area contributed by atoms with Gasteiger partial charge < -0.3 is 23.8 Å². The molecule has 2 aliphatic heterocycles. The van der Waals surface area contributed by atoms with Crippen LogP contribution in [-0.4, -0.2) is 9.55 Å². The SMILES string of the molecule is CC(C)(C)c1cccc(-c2cnc(-n3c4[c-]c(Oc5[c-]c(N6[CH-]N(c7c(-c8cc(C(C)(C)C)cc(C(C)(C)C)c8)cccc7-c7ccc8c(c7)-c7ccccc7C87c8ccccc8Oc8ccccc87)c7ccccc76)ccc5)ccc4c4ccccc43)cc2C(C)(C)C)c1.[Pt]. The molecule has 96 heavy (non-hydrogen) atoms. The van der Waals surface area contributed by atoms with Gasteiger partial charge in [-0.05, 0) is 131 Å². The summed E-state index contributed by atoms with van der Waals surface area (Å²) in [6.45, 7) is 29.8. The first-order valence-corrected chi connectivity index (χ1v) is 33.3. The standard InChI is InChI=1S/C89H77N4O2.Pt/c1-85(2,3)59-27-23-26-56(46-59)71-54-90-83(53-76(71)88(10,11)12)93-77-37-18-14-31-68(77)69-44-43-64(52-80(69)93)94-63-29-24-28-62(51-63)91-55-92(79-39-20-19-38-78(79)91)84-65(32-25-33-66(84)58-47-60(86(4,5)6)50-61(48-58)87(7,8)9)57-42-45-73-70(49-57)67-30-13-15-34-72(67)89(73)74-35-16-21-40-81(74)95-82-41-22-17-36-75(82)89;/h13-50,53-55H,1-12H3;/q-3;. The minimum Gasteiger partial charge on any atom is -0.509 e. The van der Waals surface area contributed by atoms with Crippen LogP contribution in [-0.2, 0) is 48.1 Å². The Balaban J connectivity index is 0.00000756. The van der Waals surface area contributed by atoms with Gasteiger partial charge in [0.05, 0.1) is 5.41 Å². The van der Waals surface area contributed by atoms with Crippen LogP contribution >= 0.6 is 0 Å². The van der Waals surface area contributed by atoms with Gasteiger partial charge in [-0.15, -0.1) is 48.1 Å². The van der Waals surface area contributed by atoms with Crippen molar-refractivity contribution < 1.29 is 30.5 Å². The fourth-order valence-electron chi connectivity index (χ4n) is 14.9. The van der Waals surface area contributed by atoms with Crippen molar-refractivity contribution in [3.8, 4) is 73.3 Å². The van der Waals surface area contributed by atoms with E-state index in [4.69, 9.17) is 14.5 Å². The second-order valence-corrected chi connectivity index (χ2v) is 30.1. The molecule has 1 aliphatic carbocycles.